The minimum Gasteiger partial charge on any atom is -0.444 e. The number of halogens is 3. The lowest BCUT2D eigenvalue weighted by Gasteiger charge is -2.36. The van der Waals surface area contributed by atoms with Crippen molar-refractivity contribution in [1.82, 2.24) is 5.32 Å². The third-order valence-corrected chi connectivity index (χ3v) is 2.26. The molecule has 0 bridgehead atoms. The molecule has 0 saturated heterocycles. The molecule has 0 fully saturated rings. The zero-order valence-corrected chi connectivity index (χ0v) is 12.1. The number of carbonyl (C=O) groups excluding carboxylic acids is 1. The quantitative estimate of drug-likeness (QED) is 0.820. The molecule has 7 heteroatoms. The Morgan fingerprint density at radius 3 is 1.79 bits per heavy atom. The highest BCUT2D eigenvalue weighted by Crippen LogP contribution is 2.31. The van der Waals surface area contributed by atoms with Crippen molar-refractivity contribution in [1.29, 1.82) is 0 Å². The molecule has 0 aromatic heterocycles. The molecule has 0 aliphatic heterocycles. The molecule has 4 nitrogen and oxygen atoms in total. The van der Waals surface area contributed by atoms with Crippen LogP contribution in [0.4, 0.5) is 18.0 Å². The first kappa shape index (κ1) is 18.0. The van der Waals surface area contributed by atoms with Gasteiger partial charge in [0.25, 0.3) is 0 Å². The van der Waals surface area contributed by atoms with Crippen LogP contribution in [0.3, 0.4) is 0 Å². The lowest BCUT2D eigenvalue weighted by molar-refractivity contribution is -0.219. The number of ether oxygens (including phenoxy) is 1. The maximum atomic E-state index is 12.6. The van der Waals surface area contributed by atoms with Gasteiger partial charge in [-0.05, 0) is 26.2 Å². The lowest BCUT2D eigenvalue weighted by atomic mass is 9.83. The molecule has 2 N–H and O–H groups in total. The number of rotatable bonds is 2. The fraction of sp³-hybridized carbons (Fsp3) is 0.917. The molecule has 0 aliphatic rings. The molecular weight excluding hydrogens is 263 g/mol. The van der Waals surface area contributed by atoms with Gasteiger partial charge in [-0.15, -0.1) is 0 Å². The Morgan fingerprint density at radius 1 is 1.11 bits per heavy atom. The summed E-state index contributed by atoms with van der Waals surface area (Å²) < 4.78 is 42.6. The maximum Gasteiger partial charge on any atom is 0.416 e. The summed E-state index contributed by atoms with van der Waals surface area (Å²) in [7, 11) is 0. The number of hydrogen-bond acceptors (Lipinski definition) is 3. The van der Waals surface area contributed by atoms with E-state index >= 15 is 0 Å². The summed E-state index contributed by atoms with van der Waals surface area (Å²) in [5.74, 6) is 0. The predicted octanol–water partition coefficient (Wildman–Crippen LogP) is 2.85. The topological polar surface area (TPSA) is 58.6 Å². The number of carbonyl (C=O) groups is 1. The molecular formula is C12H22F3NO3. The van der Waals surface area contributed by atoms with Crippen molar-refractivity contribution >= 4 is 6.09 Å². The summed E-state index contributed by atoms with van der Waals surface area (Å²) in [6, 6.07) is -1.50. The van der Waals surface area contributed by atoms with E-state index in [9.17, 15) is 23.1 Å². The molecule has 2 atom stereocenters. The summed E-state index contributed by atoms with van der Waals surface area (Å²) in [6.07, 6.45) is -8.46. The molecule has 0 aliphatic carbocycles. The third-order valence-electron chi connectivity index (χ3n) is 2.26. The summed E-state index contributed by atoms with van der Waals surface area (Å²) in [4.78, 5) is 11.5. The number of aliphatic hydroxyl groups excluding tert-OH is 1. The van der Waals surface area contributed by atoms with Crippen LogP contribution in [0, 0.1) is 5.41 Å². The van der Waals surface area contributed by atoms with Crippen molar-refractivity contribution in [2.75, 3.05) is 0 Å². The second-order valence-electron chi connectivity index (χ2n) is 6.48. The SMILES string of the molecule is CC(C)(C)OC(=O)NC(C(O)C(F)(F)F)C(C)(C)C. The van der Waals surface area contributed by atoms with E-state index in [1.54, 1.807) is 20.8 Å². The van der Waals surface area contributed by atoms with Gasteiger partial charge < -0.3 is 15.2 Å². The van der Waals surface area contributed by atoms with Gasteiger partial charge in [0.2, 0.25) is 0 Å². The molecule has 0 aromatic carbocycles. The van der Waals surface area contributed by atoms with Gasteiger partial charge in [0.15, 0.2) is 6.10 Å². The lowest BCUT2D eigenvalue weighted by Crippen LogP contribution is -2.56. The van der Waals surface area contributed by atoms with Crippen LogP contribution >= 0.6 is 0 Å². The van der Waals surface area contributed by atoms with E-state index < -0.39 is 35.4 Å². The van der Waals surface area contributed by atoms with Crippen molar-refractivity contribution in [2.45, 2.75) is 65.5 Å². The van der Waals surface area contributed by atoms with Crippen LogP contribution in [0.5, 0.6) is 0 Å². The summed E-state index contributed by atoms with van der Waals surface area (Å²) in [5.41, 5.74) is -1.80. The predicted molar refractivity (Wildman–Crippen MR) is 64.7 cm³/mol. The molecule has 2 unspecified atom stereocenters. The first-order chi connectivity index (χ1) is 8.14. The van der Waals surface area contributed by atoms with E-state index in [0.717, 1.165) is 0 Å². The van der Waals surface area contributed by atoms with Crippen molar-refractivity contribution in [3.63, 3.8) is 0 Å². The molecule has 1 amide bonds. The van der Waals surface area contributed by atoms with Crippen LogP contribution in [0.15, 0.2) is 0 Å². The maximum absolute atomic E-state index is 12.6. The summed E-state index contributed by atoms with van der Waals surface area (Å²) in [6.45, 7) is 9.26. The standard InChI is InChI=1S/C12H22F3NO3/c1-10(2,3)7(8(17)12(13,14)15)16-9(18)19-11(4,5)6/h7-8,17H,1-6H3,(H,16,18). The van der Waals surface area contributed by atoms with Gasteiger partial charge >= 0.3 is 12.3 Å². The zero-order chi connectivity index (χ0) is 15.6. The van der Waals surface area contributed by atoms with Crippen molar-refractivity contribution < 1.29 is 27.8 Å². The van der Waals surface area contributed by atoms with Gasteiger partial charge in [-0.25, -0.2) is 4.79 Å². The number of nitrogens with one attached hydrogen (secondary N) is 1. The van der Waals surface area contributed by atoms with Crippen LogP contribution in [-0.2, 0) is 4.74 Å². The summed E-state index contributed by atoms with van der Waals surface area (Å²) in [5, 5.41) is 11.4. The molecule has 0 radical (unpaired) electrons. The highest BCUT2D eigenvalue weighted by Gasteiger charge is 2.48. The molecule has 0 rings (SSSR count). The van der Waals surface area contributed by atoms with Crippen LogP contribution in [0.25, 0.3) is 0 Å². The minimum absolute atomic E-state index is 0.824. The Morgan fingerprint density at radius 2 is 1.53 bits per heavy atom. The smallest absolute Gasteiger partial charge is 0.416 e. The Bertz CT molecular complexity index is 316. The molecule has 0 heterocycles. The van der Waals surface area contributed by atoms with Crippen molar-refractivity contribution in [2.24, 2.45) is 5.41 Å². The van der Waals surface area contributed by atoms with E-state index in [1.807, 2.05) is 0 Å². The van der Waals surface area contributed by atoms with Crippen LogP contribution in [0.1, 0.15) is 41.5 Å². The number of amides is 1. The van der Waals surface area contributed by atoms with Gasteiger partial charge in [0.1, 0.15) is 5.60 Å². The number of alkyl carbamates (subject to hydrolysis) is 1. The van der Waals surface area contributed by atoms with Gasteiger partial charge in [-0.1, -0.05) is 20.8 Å². The number of hydrogen-bond donors (Lipinski definition) is 2. The Balaban J connectivity index is 4.97. The van der Waals surface area contributed by atoms with E-state index in [-0.39, 0.29) is 0 Å². The van der Waals surface area contributed by atoms with Gasteiger partial charge in [-0.2, -0.15) is 13.2 Å². The van der Waals surface area contributed by atoms with E-state index in [2.05, 4.69) is 5.32 Å². The van der Waals surface area contributed by atoms with E-state index in [0.29, 0.717) is 0 Å². The first-order valence-electron chi connectivity index (χ1n) is 5.89. The highest BCUT2D eigenvalue weighted by atomic mass is 19.4. The second kappa shape index (κ2) is 5.56. The van der Waals surface area contributed by atoms with Crippen LogP contribution < -0.4 is 5.32 Å². The van der Waals surface area contributed by atoms with Crippen molar-refractivity contribution in [3.8, 4) is 0 Å². The Hall–Kier alpha value is -0.980. The van der Waals surface area contributed by atoms with Crippen LogP contribution in [0.2, 0.25) is 0 Å². The van der Waals surface area contributed by atoms with E-state index in [1.165, 1.54) is 20.8 Å². The minimum atomic E-state index is -4.81. The molecule has 0 aromatic rings. The van der Waals surface area contributed by atoms with Crippen molar-refractivity contribution in [3.05, 3.63) is 0 Å². The second-order valence-corrected chi connectivity index (χ2v) is 6.48. The molecule has 0 spiro atoms. The van der Waals surface area contributed by atoms with Gasteiger partial charge in [-0.3, -0.25) is 0 Å². The third kappa shape index (κ3) is 6.66. The van der Waals surface area contributed by atoms with Gasteiger partial charge in [0, 0.05) is 0 Å². The average Bonchev–Trinajstić information content (AvgIpc) is 2.06. The van der Waals surface area contributed by atoms with Gasteiger partial charge in [0.05, 0.1) is 6.04 Å². The zero-order valence-electron chi connectivity index (χ0n) is 12.1. The van der Waals surface area contributed by atoms with Crippen LogP contribution in [-0.4, -0.2) is 35.1 Å². The molecule has 0 saturated carbocycles. The van der Waals surface area contributed by atoms with E-state index in [4.69, 9.17) is 4.74 Å². The number of alkyl halides is 3. The first-order valence-corrected chi connectivity index (χ1v) is 5.89. The Kier molecular flexibility index (Phi) is 5.28. The largest absolute Gasteiger partial charge is 0.444 e. The molecule has 19 heavy (non-hydrogen) atoms. The number of aliphatic hydroxyl groups is 1. The normalized spacial score (nSPS) is 16.7. The monoisotopic (exact) mass is 285 g/mol. The summed E-state index contributed by atoms with van der Waals surface area (Å²) >= 11 is 0. The fourth-order valence-electron chi connectivity index (χ4n) is 1.39. The Labute approximate surface area is 111 Å². The average molecular weight is 285 g/mol. The fourth-order valence-corrected chi connectivity index (χ4v) is 1.39. The molecule has 114 valence electrons. The highest BCUT2D eigenvalue weighted by molar-refractivity contribution is 5.68.